The number of nitrogens with one attached hydrogen (secondary N) is 2. The summed E-state index contributed by atoms with van der Waals surface area (Å²) in [6, 6.07) is 9.92. The second-order valence-electron chi connectivity index (χ2n) is 8.72. The number of morpholine rings is 1. The van der Waals surface area contributed by atoms with E-state index in [4.69, 9.17) is 9.84 Å². The highest BCUT2D eigenvalue weighted by atomic mass is 16.5. The highest BCUT2D eigenvalue weighted by molar-refractivity contribution is 5.93. The van der Waals surface area contributed by atoms with Crippen LogP contribution in [-0.2, 0) is 14.3 Å². The Labute approximate surface area is 195 Å². The minimum atomic E-state index is -0.124. The third kappa shape index (κ3) is 5.72. The second-order valence-corrected chi connectivity index (χ2v) is 8.72. The van der Waals surface area contributed by atoms with Gasteiger partial charge in [-0.1, -0.05) is 18.2 Å². The first-order valence-corrected chi connectivity index (χ1v) is 11.8. The lowest BCUT2D eigenvalue weighted by molar-refractivity contribution is -0.125. The van der Waals surface area contributed by atoms with Crippen LogP contribution in [0.4, 0.5) is 11.5 Å². The SMILES string of the molecule is CC(=O)Nc1c(C)nn(-c2ccccc2)c1N1CCC(C(=O)NCCN2CCOCC2)CC1. The molecule has 178 valence electrons. The van der Waals surface area contributed by atoms with Crippen molar-refractivity contribution in [3.8, 4) is 5.69 Å². The Morgan fingerprint density at radius 1 is 1.09 bits per heavy atom. The molecule has 2 saturated heterocycles. The van der Waals surface area contributed by atoms with Gasteiger partial charge in [-0.05, 0) is 31.9 Å². The molecule has 0 atom stereocenters. The highest BCUT2D eigenvalue weighted by Gasteiger charge is 2.29. The fraction of sp³-hybridized carbons (Fsp3) is 0.542. The number of hydrogen-bond donors (Lipinski definition) is 2. The molecule has 1 aromatic carbocycles. The Kier molecular flexibility index (Phi) is 7.61. The summed E-state index contributed by atoms with van der Waals surface area (Å²) in [5, 5.41) is 10.8. The maximum Gasteiger partial charge on any atom is 0.223 e. The number of aromatic nitrogens is 2. The van der Waals surface area contributed by atoms with Crippen molar-refractivity contribution in [1.29, 1.82) is 0 Å². The van der Waals surface area contributed by atoms with E-state index in [1.165, 1.54) is 6.92 Å². The molecule has 2 aliphatic heterocycles. The molecule has 3 heterocycles. The average Bonchev–Trinajstić information content (AvgIpc) is 3.15. The molecule has 2 fully saturated rings. The summed E-state index contributed by atoms with van der Waals surface area (Å²) >= 11 is 0. The zero-order chi connectivity index (χ0) is 23.2. The van der Waals surface area contributed by atoms with Crippen molar-refractivity contribution in [3.05, 3.63) is 36.0 Å². The standard InChI is InChI=1S/C24H34N6O3/c1-18-22(26-19(2)31)24(30(27-18)21-6-4-3-5-7-21)29-11-8-20(9-12-29)23(32)25-10-13-28-14-16-33-17-15-28/h3-7,20H,8-17H2,1-2H3,(H,25,32)(H,26,31). The number of aryl methyl sites for hydroxylation is 1. The van der Waals surface area contributed by atoms with Crippen LogP contribution >= 0.6 is 0 Å². The molecule has 0 aliphatic carbocycles. The molecular formula is C24H34N6O3. The Morgan fingerprint density at radius 3 is 2.45 bits per heavy atom. The summed E-state index contributed by atoms with van der Waals surface area (Å²) < 4.78 is 7.27. The number of anilines is 2. The highest BCUT2D eigenvalue weighted by Crippen LogP contribution is 2.34. The van der Waals surface area contributed by atoms with Crippen molar-refractivity contribution in [2.45, 2.75) is 26.7 Å². The molecule has 0 spiro atoms. The molecule has 4 rings (SSSR count). The van der Waals surface area contributed by atoms with Gasteiger partial charge in [0.25, 0.3) is 0 Å². The smallest absolute Gasteiger partial charge is 0.223 e. The van der Waals surface area contributed by atoms with Crippen LogP contribution in [0.3, 0.4) is 0 Å². The number of ether oxygens (including phenoxy) is 1. The van der Waals surface area contributed by atoms with Crippen molar-refractivity contribution in [2.24, 2.45) is 5.92 Å². The number of piperidine rings is 1. The van der Waals surface area contributed by atoms with Crippen LogP contribution in [-0.4, -0.2) is 79.0 Å². The number of carbonyl (C=O) groups excluding carboxylic acids is 2. The first-order chi connectivity index (χ1) is 16.0. The van der Waals surface area contributed by atoms with E-state index in [-0.39, 0.29) is 17.7 Å². The Morgan fingerprint density at radius 2 is 1.79 bits per heavy atom. The van der Waals surface area contributed by atoms with Crippen molar-refractivity contribution >= 4 is 23.3 Å². The summed E-state index contributed by atoms with van der Waals surface area (Å²) in [5.74, 6) is 0.892. The Hall–Kier alpha value is -2.91. The molecule has 2 aliphatic rings. The maximum absolute atomic E-state index is 12.7. The molecule has 1 aromatic heterocycles. The van der Waals surface area contributed by atoms with Crippen molar-refractivity contribution in [2.75, 3.05) is 62.7 Å². The van der Waals surface area contributed by atoms with Crippen molar-refractivity contribution in [1.82, 2.24) is 20.0 Å². The van der Waals surface area contributed by atoms with E-state index in [9.17, 15) is 9.59 Å². The van der Waals surface area contributed by atoms with Gasteiger partial charge in [-0.2, -0.15) is 5.10 Å². The molecule has 2 aromatic rings. The van der Waals surface area contributed by atoms with Gasteiger partial charge in [0.05, 0.1) is 24.6 Å². The quantitative estimate of drug-likeness (QED) is 0.663. The van der Waals surface area contributed by atoms with Gasteiger partial charge in [0.2, 0.25) is 11.8 Å². The predicted molar refractivity (Wildman–Crippen MR) is 128 cm³/mol. The molecule has 2 amide bonds. The molecule has 9 nitrogen and oxygen atoms in total. The Bertz CT molecular complexity index is 947. The van der Waals surface area contributed by atoms with E-state index in [0.29, 0.717) is 6.54 Å². The summed E-state index contributed by atoms with van der Waals surface area (Å²) in [6.45, 7) is 9.81. The number of hydrogen-bond acceptors (Lipinski definition) is 6. The van der Waals surface area contributed by atoms with Crippen LogP contribution in [0.2, 0.25) is 0 Å². The normalized spacial score (nSPS) is 17.7. The van der Waals surface area contributed by atoms with Gasteiger partial charge in [-0.15, -0.1) is 0 Å². The number of carbonyl (C=O) groups is 2. The van der Waals surface area contributed by atoms with Crippen LogP contribution in [0, 0.1) is 12.8 Å². The zero-order valence-electron chi connectivity index (χ0n) is 19.5. The first-order valence-electron chi connectivity index (χ1n) is 11.8. The fourth-order valence-corrected chi connectivity index (χ4v) is 4.54. The summed E-state index contributed by atoms with van der Waals surface area (Å²) in [7, 11) is 0. The van der Waals surface area contributed by atoms with E-state index >= 15 is 0 Å². The molecule has 0 unspecified atom stereocenters. The number of nitrogens with zero attached hydrogens (tertiary/aromatic N) is 4. The molecule has 2 N–H and O–H groups in total. The topological polar surface area (TPSA) is 91.7 Å². The second kappa shape index (κ2) is 10.8. The molecule has 9 heteroatoms. The van der Waals surface area contributed by atoms with Gasteiger partial charge >= 0.3 is 0 Å². The zero-order valence-corrected chi connectivity index (χ0v) is 19.5. The van der Waals surface area contributed by atoms with E-state index in [2.05, 4.69) is 20.4 Å². The van der Waals surface area contributed by atoms with E-state index < -0.39 is 0 Å². The maximum atomic E-state index is 12.7. The molecule has 33 heavy (non-hydrogen) atoms. The molecular weight excluding hydrogens is 420 g/mol. The van der Waals surface area contributed by atoms with Gasteiger partial charge < -0.3 is 20.3 Å². The van der Waals surface area contributed by atoms with Crippen molar-refractivity contribution < 1.29 is 14.3 Å². The fourth-order valence-electron chi connectivity index (χ4n) is 4.54. The summed E-state index contributed by atoms with van der Waals surface area (Å²) in [4.78, 5) is 29.2. The number of rotatable bonds is 7. The average molecular weight is 455 g/mol. The van der Waals surface area contributed by atoms with Crippen LogP contribution in [0.15, 0.2) is 30.3 Å². The molecule has 0 bridgehead atoms. The van der Waals surface area contributed by atoms with Crippen LogP contribution in [0.25, 0.3) is 5.69 Å². The van der Waals surface area contributed by atoms with E-state index in [1.54, 1.807) is 0 Å². The van der Waals surface area contributed by atoms with E-state index in [1.807, 2.05) is 41.9 Å². The number of benzene rings is 1. The largest absolute Gasteiger partial charge is 0.379 e. The van der Waals surface area contributed by atoms with Crippen LogP contribution < -0.4 is 15.5 Å². The predicted octanol–water partition coefficient (Wildman–Crippen LogP) is 1.80. The lowest BCUT2D eigenvalue weighted by Gasteiger charge is -2.34. The van der Waals surface area contributed by atoms with Crippen molar-refractivity contribution in [3.63, 3.8) is 0 Å². The van der Waals surface area contributed by atoms with Gasteiger partial charge in [-0.3, -0.25) is 14.5 Å². The van der Waals surface area contributed by atoms with E-state index in [0.717, 1.165) is 81.7 Å². The molecule has 0 saturated carbocycles. The number of para-hydroxylation sites is 1. The first kappa shape index (κ1) is 23.3. The van der Waals surface area contributed by atoms with Gasteiger partial charge in [0.1, 0.15) is 5.69 Å². The van der Waals surface area contributed by atoms with Crippen LogP contribution in [0.1, 0.15) is 25.5 Å². The minimum Gasteiger partial charge on any atom is -0.379 e. The third-order valence-corrected chi connectivity index (χ3v) is 6.33. The van der Waals surface area contributed by atoms with Gasteiger partial charge in [0, 0.05) is 52.1 Å². The van der Waals surface area contributed by atoms with Gasteiger partial charge in [0.15, 0.2) is 5.82 Å². The minimum absolute atomic E-state index is 0.00403. The lowest BCUT2D eigenvalue weighted by Crippen LogP contribution is -2.44. The summed E-state index contributed by atoms with van der Waals surface area (Å²) in [6.07, 6.45) is 1.53. The number of amides is 2. The Balaban J connectivity index is 1.40. The lowest BCUT2D eigenvalue weighted by atomic mass is 9.96. The monoisotopic (exact) mass is 454 g/mol. The van der Waals surface area contributed by atoms with Gasteiger partial charge in [-0.25, -0.2) is 4.68 Å². The summed E-state index contributed by atoms with van der Waals surface area (Å²) in [5.41, 5.74) is 2.45. The third-order valence-electron chi connectivity index (χ3n) is 6.33. The van der Waals surface area contributed by atoms with Crippen LogP contribution in [0.5, 0.6) is 0 Å². The molecule has 0 radical (unpaired) electrons.